The van der Waals surface area contributed by atoms with Crippen molar-refractivity contribution in [3.8, 4) is 0 Å². The molecule has 0 aliphatic carbocycles. The first-order chi connectivity index (χ1) is 12.2. The molecule has 1 aromatic carbocycles. The Hall–Kier alpha value is -2.62. The number of aromatic nitrogens is 2. The molecular weight excluding hydrogens is 308 g/mol. The number of hydrogen-bond donors (Lipinski definition) is 0. The Bertz CT molecular complexity index is 901. The summed E-state index contributed by atoms with van der Waals surface area (Å²) in [5.41, 5.74) is 4.54. The molecule has 1 aliphatic rings. The first kappa shape index (κ1) is 15.9. The molecule has 1 saturated heterocycles. The second-order valence-corrected chi connectivity index (χ2v) is 6.94. The Labute approximate surface area is 148 Å². The fourth-order valence-corrected chi connectivity index (χ4v) is 3.59. The predicted molar refractivity (Wildman–Crippen MR) is 105 cm³/mol. The van der Waals surface area contributed by atoms with Crippen LogP contribution in [0.5, 0.6) is 0 Å². The van der Waals surface area contributed by atoms with E-state index in [1.54, 1.807) is 0 Å². The average molecular weight is 332 g/mol. The molecule has 0 saturated carbocycles. The summed E-state index contributed by atoms with van der Waals surface area (Å²) in [7, 11) is 0. The van der Waals surface area contributed by atoms with E-state index in [2.05, 4.69) is 60.3 Å². The van der Waals surface area contributed by atoms with Gasteiger partial charge in [-0.1, -0.05) is 32.0 Å². The van der Waals surface area contributed by atoms with Crippen molar-refractivity contribution in [3.63, 3.8) is 0 Å². The summed E-state index contributed by atoms with van der Waals surface area (Å²) in [4.78, 5) is 11.8. The van der Waals surface area contributed by atoms with E-state index in [9.17, 15) is 0 Å². The van der Waals surface area contributed by atoms with E-state index in [4.69, 9.17) is 4.99 Å². The number of nitrogens with zero attached hydrogens (tertiary/aromatic N) is 4. The first-order valence-corrected chi connectivity index (χ1v) is 9.07. The molecule has 3 aromatic rings. The lowest BCUT2D eigenvalue weighted by Gasteiger charge is -2.18. The fraction of sp³-hybridized carbons (Fsp3) is 0.333. The number of anilines is 1. The second kappa shape index (κ2) is 6.71. The van der Waals surface area contributed by atoms with Crippen LogP contribution in [-0.4, -0.2) is 29.0 Å². The van der Waals surface area contributed by atoms with Gasteiger partial charge in [-0.15, -0.1) is 0 Å². The minimum absolute atomic E-state index is 0.453. The molecule has 128 valence electrons. The molecule has 1 aliphatic heterocycles. The molecule has 0 amide bonds. The normalized spacial score (nSPS) is 15.1. The summed E-state index contributed by atoms with van der Waals surface area (Å²) in [6.45, 7) is 6.67. The molecule has 0 atom stereocenters. The topological polar surface area (TPSA) is 33.4 Å². The molecule has 4 heteroatoms. The van der Waals surface area contributed by atoms with Crippen LogP contribution in [0.15, 0.2) is 53.8 Å². The molecule has 2 aromatic heterocycles. The highest BCUT2D eigenvalue weighted by Crippen LogP contribution is 2.29. The maximum Gasteiger partial charge on any atom is 0.147 e. The van der Waals surface area contributed by atoms with Gasteiger partial charge in [0.05, 0.1) is 5.69 Å². The van der Waals surface area contributed by atoms with Crippen molar-refractivity contribution in [3.05, 3.63) is 54.4 Å². The van der Waals surface area contributed by atoms with Crippen LogP contribution in [0.3, 0.4) is 0 Å². The molecule has 0 spiro atoms. The maximum absolute atomic E-state index is 4.73. The van der Waals surface area contributed by atoms with Gasteiger partial charge < -0.3 is 4.90 Å². The Morgan fingerprint density at radius 2 is 1.88 bits per heavy atom. The summed E-state index contributed by atoms with van der Waals surface area (Å²) in [5, 5.41) is 1.20. The lowest BCUT2D eigenvalue weighted by atomic mass is 10.0. The van der Waals surface area contributed by atoms with Crippen LogP contribution in [0.2, 0.25) is 0 Å². The molecule has 4 nitrogen and oxygen atoms in total. The third kappa shape index (κ3) is 3.04. The zero-order valence-corrected chi connectivity index (χ0v) is 14.9. The monoisotopic (exact) mass is 332 g/mol. The number of hydrogen-bond acceptors (Lipinski definition) is 3. The van der Waals surface area contributed by atoms with Crippen LogP contribution in [0.1, 0.15) is 38.2 Å². The quantitative estimate of drug-likeness (QED) is 0.499. The average Bonchev–Trinajstić information content (AvgIpc) is 3.30. The molecule has 1 fully saturated rings. The van der Waals surface area contributed by atoms with E-state index in [-0.39, 0.29) is 0 Å². The third-order valence-corrected chi connectivity index (χ3v) is 4.92. The number of para-hydroxylation sites is 1. The van der Waals surface area contributed by atoms with E-state index >= 15 is 0 Å². The predicted octanol–water partition coefficient (Wildman–Crippen LogP) is 4.97. The number of pyridine rings is 1. The molecule has 0 radical (unpaired) electrons. The van der Waals surface area contributed by atoms with E-state index < -0.39 is 0 Å². The standard InChI is InChI=1S/C21H24N4/c1-16(2)17-7-3-4-8-19(17)23-15-25-14-10-18-20(9-11-22-21(18)25)24-12-5-6-13-24/h3-4,7-11,14-16H,5-6,12-13H2,1-2H3. The summed E-state index contributed by atoms with van der Waals surface area (Å²) in [6, 6.07) is 12.6. The van der Waals surface area contributed by atoms with Crippen molar-refractivity contribution < 1.29 is 0 Å². The van der Waals surface area contributed by atoms with Crippen molar-refractivity contribution in [1.29, 1.82) is 0 Å². The van der Waals surface area contributed by atoms with E-state index in [0.29, 0.717) is 5.92 Å². The zero-order chi connectivity index (χ0) is 17.2. The Kier molecular flexibility index (Phi) is 4.26. The van der Waals surface area contributed by atoms with E-state index in [1.807, 2.05) is 23.2 Å². The van der Waals surface area contributed by atoms with E-state index in [1.165, 1.54) is 29.5 Å². The van der Waals surface area contributed by atoms with Gasteiger partial charge in [-0.2, -0.15) is 0 Å². The molecule has 0 unspecified atom stereocenters. The Morgan fingerprint density at radius 1 is 1.08 bits per heavy atom. The summed E-state index contributed by atoms with van der Waals surface area (Å²) in [5.74, 6) is 0.453. The highest BCUT2D eigenvalue weighted by Gasteiger charge is 2.16. The maximum atomic E-state index is 4.73. The number of aliphatic imine (C=N–C) groups is 1. The lowest BCUT2D eigenvalue weighted by Crippen LogP contribution is -2.17. The van der Waals surface area contributed by atoms with Crippen molar-refractivity contribution in [2.24, 2.45) is 4.99 Å². The van der Waals surface area contributed by atoms with Crippen LogP contribution in [0.25, 0.3) is 11.0 Å². The molecule has 25 heavy (non-hydrogen) atoms. The van der Waals surface area contributed by atoms with Gasteiger partial charge in [0.2, 0.25) is 0 Å². The van der Waals surface area contributed by atoms with Gasteiger partial charge in [-0.05, 0) is 42.5 Å². The highest BCUT2D eigenvalue weighted by atomic mass is 15.2. The highest BCUT2D eigenvalue weighted by molar-refractivity contribution is 5.93. The Balaban J connectivity index is 1.70. The van der Waals surface area contributed by atoms with E-state index in [0.717, 1.165) is 24.4 Å². The molecule has 3 heterocycles. The van der Waals surface area contributed by atoms with Gasteiger partial charge in [0, 0.05) is 36.6 Å². The summed E-state index contributed by atoms with van der Waals surface area (Å²) < 4.78 is 2.02. The smallest absolute Gasteiger partial charge is 0.147 e. The van der Waals surface area contributed by atoms with Crippen molar-refractivity contribution in [2.75, 3.05) is 18.0 Å². The van der Waals surface area contributed by atoms with Crippen LogP contribution >= 0.6 is 0 Å². The van der Waals surface area contributed by atoms with Crippen molar-refractivity contribution in [1.82, 2.24) is 9.55 Å². The van der Waals surface area contributed by atoms with Gasteiger partial charge in [-0.3, -0.25) is 4.57 Å². The van der Waals surface area contributed by atoms with Crippen LogP contribution in [-0.2, 0) is 0 Å². The third-order valence-electron chi connectivity index (χ3n) is 4.92. The molecule has 4 rings (SSSR count). The SMILES string of the molecule is CC(C)c1ccccc1N=Cn1ccc2c(N3CCCC3)ccnc21. The number of fused-ring (bicyclic) bond motifs is 1. The van der Waals surface area contributed by atoms with Crippen LogP contribution < -0.4 is 4.90 Å². The largest absolute Gasteiger partial charge is 0.371 e. The van der Waals surface area contributed by atoms with Crippen molar-refractivity contribution in [2.45, 2.75) is 32.6 Å². The lowest BCUT2D eigenvalue weighted by molar-refractivity contribution is 0.867. The van der Waals surface area contributed by atoms with Gasteiger partial charge >= 0.3 is 0 Å². The van der Waals surface area contributed by atoms with Crippen LogP contribution in [0.4, 0.5) is 11.4 Å². The van der Waals surface area contributed by atoms with Crippen LogP contribution in [0, 0.1) is 0 Å². The minimum Gasteiger partial charge on any atom is -0.371 e. The van der Waals surface area contributed by atoms with Gasteiger partial charge in [0.15, 0.2) is 0 Å². The zero-order valence-electron chi connectivity index (χ0n) is 14.9. The number of rotatable bonds is 4. The Morgan fingerprint density at radius 3 is 2.68 bits per heavy atom. The van der Waals surface area contributed by atoms with Crippen molar-refractivity contribution >= 4 is 28.7 Å². The molecule has 0 N–H and O–H groups in total. The van der Waals surface area contributed by atoms with Gasteiger partial charge in [0.1, 0.15) is 12.0 Å². The first-order valence-electron chi connectivity index (χ1n) is 9.07. The van der Waals surface area contributed by atoms with Gasteiger partial charge in [0.25, 0.3) is 0 Å². The minimum atomic E-state index is 0.453. The van der Waals surface area contributed by atoms with Gasteiger partial charge in [-0.25, -0.2) is 9.98 Å². The number of benzene rings is 1. The second-order valence-electron chi connectivity index (χ2n) is 6.94. The molecule has 0 bridgehead atoms. The molecular formula is C21H24N4. The summed E-state index contributed by atoms with van der Waals surface area (Å²) >= 11 is 0. The fourth-order valence-electron chi connectivity index (χ4n) is 3.59. The summed E-state index contributed by atoms with van der Waals surface area (Å²) in [6.07, 6.45) is 8.39.